The van der Waals surface area contributed by atoms with Gasteiger partial charge in [0, 0.05) is 36.5 Å². The zero-order valence-corrected chi connectivity index (χ0v) is 20.8. The molecule has 0 bridgehead atoms. The van der Waals surface area contributed by atoms with Crippen molar-refractivity contribution in [2.75, 3.05) is 23.7 Å². The molecule has 0 aliphatic carbocycles. The van der Waals surface area contributed by atoms with Crippen molar-refractivity contribution >= 4 is 45.0 Å². The summed E-state index contributed by atoms with van der Waals surface area (Å²) < 4.78 is 39.6. The maximum absolute atomic E-state index is 13.5. The molecule has 1 aromatic carbocycles. The second kappa shape index (κ2) is 11.4. The van der Waals surface area contributed by atoms with Crippen molar-refractivity contribution in [1.29, 1.82) is 0 Å². The quantitative estimate of drug-likeness (QED) is 0.171. The number of carbonyl (C=O) groups excluding carboxylic acids is 2. The standard InChI is InChI=1S/C23H22BrF3N8O2/c24-17-9-15(1-3-18(17)25)31-21(33-28)20(36)13-5-7-34(8-6-13)23(37)32-16-2-4-19(29-11-16)14-10-30-35(12-14)22(26)27/h1-4,9-13,22H,5-8,28H2,(H,31,33)(H,32,37). The molecule has 4 rings (SSSR count). The summed E-state index contributed by atoms with van der Waals surface area (Å²) in [4.78, 5) is 31.4. The summed E-state index contributed by atoms with van der Waals surface area (Å²) in [6.07, 6.45) is 4.71. The molecule has 10 nitrogen and oxygen atoms in total. The van der Waals surface area contributed by atoms with E-state index in [1.165, 1.54) is 36.8 Å². The van der Waals surface area contributed by atoms with Gasteiger partial charge in [-0.1, -0.05) is 0 Å². The summed E-state index contributed by atoms with van der Waals surface area (Å²) in [6.45, 7) is -2.07. The molecule has 1 aliphatic heterocycles. The number of likely N-dealkylation sites (tertiary alicyclic amines) is 1. The molecule has 3 aromatic rings. The van der Waals surface area contributed by atoms with Gasteiger partial charge in [-0.15, -0.1) is 0 Å². The van der Waals surface area contributed by atoms with Gasteiger partial charge < -0.3 is 21.4 Å². The number of nitrogens with one attached hydrogen (secondary N) is 2. The molecule has 37 heavy (non-hydrogen) atoms. The van der Waals surface area contributed by atoms with E-state index < -0.39 is 18.3 Å². The first-order chi connectivity index (χ1) is 17.7. The predicted octanol–water partition coefficient (Wildman–Crippen LogP) is 4.44. The highest BCUT2D eigenvalue weighted by Crippen LogP contribution is 2.24. The summed E-state index contributed by atoms with van der Waals surface area (Å²) in [6, 6.07) is 7.02. The van der Waals surface area contributed by atoms with Gasteiger partial charge >= 0.3 is 12.6 Å². The van der Waals surface area contributed by atoms with Gasteiger partial charge in [-0.2, -0.15) is 19.0 Å². The van der Waals surface area contributed by atoms with Crippen molar-refractivity contribution in [3.63, 3.8) is 0 Å². The number of nitrogens with two attached hydrogens (primary N) is 1. The minimum Gasteiger partial charge on any atom is -0.336 e. The van der Waals surface area contributed by atoms with Gasteiger partial charge in [0.2, 0.25) is 5.78 Å². The number of aromatic nitrogens is 3. The highest BCUT2D eigenvalue weighted by molar-refractivity contribution is 9.10. The topological polar surface area (TPSA) is 131 Å². The molecule has 3 heterocycles. The maximum atomic E-state index is 13.5. The van der Waals surface area contributed by atoms with E-state index in [9.17, 15) is 22.8 Å². The van der Waals surface area contributed by atoms with Crippen LogP contribution in [0.4, 0.5) is 29.3 Å². The molecule has 4 N–H and O–H groups in total. The lowest BCUT2D eigenvalue weighted by molar-refractivity contribution is -0.117. The van der Waals surface area contributed by atoms with Crippen molar-refractivity contribution in [2.45, 2.75) is 19.4 Å². The van der Waals surface area contributed by atoms with Gasteiger partial charge in [0.15, 0.2) is 5.84 Å². The molecule has 0 saturated carbocycles. The smallest absolute Gasteiger partial charge is 0.333 e. The van der Waals surface area contributed by atoms with Crippen LogP contribution in [0.25, 0.3) is 11.3 Å². The van der Waals surface area contributed by atoms with Crippen LogP contribution in [-0.2, 0) is 4.79 Å². The third-order valence-corrected chi connectivity index (χ3v) is 6.42. The van der Waals surface area contributed by atoms with Gasteiger partial charge in [0.05, 0.1) is 28.2 Å². The summed E-state index contributed by atoms with van der Waals surface area (Å²) in [5, 5.41) is 12.7. The second-order valence-electron chi connectivity index (χ2n) is 8.21. The predicted molar refractivity (Wildman–Crippen MR) is 134 cm³/mol. The van der Waals surface area contributed by atoms with E-state index in [4.69, 9.17) is 5.84 Å². The van der Waals surface area contributed by atoms with E-state index in [0.29, 0.717) is 53.2 Å². The van der Waals surface area contributed by atoms with Crippen LogP contribution in [0.1, 0.15) is 19.4 Å². The number of hydrogen-bond donors (Lipinski definition) is 3. The normalized spacial score (nSPS) is 14.6. The molecular weight excluding hydrogens is 557 g/mol. The molecule has 2 aromatic heterocycles. The molecule has 1 aliphatic rings. The Labute approximate surface area is 217 Å². The average molecular weight is 579 g/mol. The SMILES string of the molecule is N/N=C(\Nc1ccc(F)c(Br)c1)C(=O)C1CCN(C(=O)Nc2ccc(-c3cnn(C(F)F)c3)nc2)CC1. The Kier molecular flexibility index (Phi) is 8.06. The largest absolute Gasteiger partial charge is 0.336 e. The number of nitrogens with zero attached hydrogens (tertiary/aromatic N) is 5. The van der Waals surface area contributed by atoms with Crippen LogP contribution in [0.5, 0.6) is 0 Å². The number of benzene rings is 1. The van der Waals surface area contributed by atoms with Crippen LogP contribution in [0.15, 0.2) is 58.5 Å². The van der Waals surface area contributed by atoms with Crippen LogP contribution >= 0.6 is 15.9 Å². The number of rotatable bonds is 6. The molecular formula is C23H22BrF3N8O2. The lowest BCUT2D eigenvalue weighted by Gasteiger charge is -2.31. The Morgan fingerprint density at radius 2 is 1.84 bits per heavy atom. The monoisotopic (exact) mass is 578 g/mol. The van der Waals surface area contributed by atoms with E-state index in [1.54, 1.807) is 17.0 Å². The van der Waals surface area contributed by atoms with Crippen molar-refractivity contribution < 1.29 is 22.8 Å². The summed E-state index contributed by atoms with van der Waals surface area (Å²) in [7, 11) is 0. The molecule has 1 saturated heterocycles. The second-order valence-corrected chi connectivity index (χ2v) is 9.06. The summed E-state index contributed by atoms with van der Waals surface area (Å²) in [5.74, 6) is 4.24. The van der Waals surface area contributed by atoms with E-state index >= 15 is 0 Å². The van der Waals surface area contributed by atoms with Crippen LogP contribution in [0.3, 0.4) is 0 Å². The number of urea groups is 1. The highest BCUT2D eigenvalue weighted by atomic mass is 79.9. The minimum absolute atomic E-state index is 0.0494. The number of halogens is 4. The van der Waals surface area contributed by atoms with Crippen molar-refractivity contribution in [1.82, 2.24) is 19.7 Å². The zero-order valence-electron chi connectivity index (χ0n) is 19.2. The van der Waals surface area contributed by atoms with E-state index in [2.05, 4.69) is 41.7 Å². The van der Waals surface area contributed by atoms with Crippen LogP contribution < -0.4 is 16.5 Å². The lowest BCUT2D eigenvalue weighted by atomic mass is 9.92. The number of ketones is 1. The third kappa shape index (κ3) is 6.25. The first-order valence-corrected chi connectivity index (χ1v) is 11.9. The summed E-state index contributed by atoms with van der Waals surface area (Å²) >= 11 is 3.09. The Hall–Kier alpha value is -3.94. The van der Waals surface area contributed by atoms with Crippen LogP contribution in [-0.4, -0.2) is 50.4 Å². The van der Waals surface area contributed by atoms with Crippen molar-refractivity contribution in [3.05, 3.63) is 59.2 Å². The number of alkyl halides is 2. The number of hydrazone groups is 1. The molecule has 2 amide bonds. The number of hydrogen-bond acceptors (Lipinski definition) is 6. The molecule has 0 spiro atoms. The number of carbonyl (C=O) groups is 2. The first-order valence-electron chi connectivity index (χ1n) is 11.1. The fraction of sp³-hybridized carbons (Fsp3) is 0.261. The van der Waals surface area contributed by atoms with Gasteiger partial charge in [-0.3, -0.25) is 9.78 Å². The average Bonchev–Trinajstić information content (AvgIpc) is 3.40. The lowest BCUT2D eigenvalue weighted by Crippen LogP contribution is -2.44. The Morgan fingerprint density at radius 3 is 2.43 bits per heavy atom. The minimum atomic E-state index is -2.74. The highest BCUT2D eigenvalue weighted by Gasteiger charge is 2.30. The first kappa shape index (κ1) is 26.1. The van der Waals surface area contributed by atoms with Gasteiger partial charge in [0.25, 0.3) is 0 Å². The molecule has 1 fully saturated rings. The molecule has 194 valence electrons. The number of piperidine rings is 1. The number of anilines is 2. The van der Waals surface area contributed by atoms with Crippen molar-refractivity contribution in [2.24, 2.45) is 16.9 Å². The van der Waals surface area contributed by atoms with Crippen LogP contribution in [0, 0.1) is 11.7 Å². The fourth-order valence-electron chi connectivity index (χ4n) is 3.82. The van der Waals surface area contributed by atoms with Crippen LogP contribution in [0.2, 0.25) is 0 Å². The van der Waals surface area contributed by atoms with Crippen molar-refractivity contribution in [3.8, 4) is 11.3 Å². The maximum Gasteiger partial charge on any atom is 0.333 e. The number of amides is 2. The number of amidine groups is 1. The van der Waals surface area contributed by atoms with E-state index in [1.807, 2.05) is 0 Å². The van der Waals surface area contributed by atoms with Gasteiger partial charge in [0.1, 0.15) is 5.82 Å². The van der Waals surface area contributed by atoms with Gasteiger partial charge in [-0.05, 0) is 59.1 Å². The Morgan fingerprint density at radius 1 is 1.11 bits per heavy atom. The van der Waals surface area contributed by atoms with E-state index in [-0.39, 0.29) is 22.1 Å². The third-order valence-electron chi connectivity index (χ3n) is 5.81. The zero-order chi connectivity index (χ0) is 26.5. The Balaban J connectivity index is 1.29. The molecule has 0 radical (unpaired) electrons. The Bertz CT molecular complexity index is 1310. The molecule has 0 unspecified atom stereocenters. The van der Waals surface area contributed by atoms with E-state index in [0.717, 1.165) is 0 Å². The molecule has 14 heteroatoms. The fourth-order valence-corrected chi connectivity index (χ4v) is 4.20. The number of pyridine rings is 1. The number of Topliss-reactive ketones (excluding diaryl/α,β-unsaturated/α-hetero) is 1. The summed E-state index contributed by atoms with van der Waals surface area (Å²) in [5.41, 5.74) is 1.74. The van der Waals surface area contributed by atoms with Gasteiger partial charge in [-0.25, -0.2) is 13.9 Å². The molecule has 0 atom stereocenters.